The number of hydrogen-bond donors (Lipinski definition) is 2. The Balaban J connectivity index is 2.14. The van der Waals surface area contributed by atoms with Gasteiger partial charge in [-0.3, -0.25) is 4.79 Å². The van der Waals surface area contributed by atoms with Crippen molar-refractivity contribution in [3.63, 3.8) is 0 Å². The van der Waals surface area contributed by atoms with E-state index in [1.165, 1.54) is 11.1 Å². The number of carbonyl (C=O) groups excluding carboxylic acids is 1. The fourth-order valence-corrected chi connectivity index (χ4v) is 3.01. The van der Waals surface area contributed by atoms with E-state index in [4.69, 9.17) is 0 Å². The Kier molecular flexibility index (Phi) is 5.41. The minimum atomic E-state index is -0.130. The first-order chi connectivity index (χ1) is 10.2. The molecule has 0 aliphatic heterocycles. The molecule has 1 aromatic carbocycles. The minimum absolute atomic E-state index is 0.111. The maximum atomic E-state index is 11.6. The van der Waals surface area contributed by atoms with Gasteiger partial charge in [-0.1, -0.05) is 36.0 Å². The zero-order valence-electron chi connectivity index (χ0n) is 12.2. The smallest absolute Gasteiger partial charge is 0.239 e. The summed E-state index contributed by atoms with van der Waals surface area (Å²) < 4.78 is 1.75. The summed E-state index contributed by atoms with van der Waals surface area (Å²) in [7, 11) is 1.60. The van der Waals surface area contributed by atoms with Crippen LogP contribution in [0.4, 0.5) is 0 Å². The van der Waals surface area contributed by atoms with Crippen LogP contribution in [0.25, 0.3) is 0 Å². The van der Waals surface area contributed by atoms with Crippen LogP contribution in [-0.4, -0.2) is 27.6 Å². The molecule has 0 atom stereocenters. The molecule has 2 rings (SSSR count). The Labute approximate surface area is 128 Å². The van der Waals surface area contributed by atoms with Gasteiger partial charge in [0.25, 0.3) is 0 Å². The van der Waals surface area contributed by atoms with E-state index in [9.17, 15) is 9.90 Å². The third-order valence-corrected chi connectivity index (χ3v) is 4.30. The normalized spacial score (nSPS) is 10.6. The van der Waals surface area contributed by atoms with Crippen molar-refractivity contribution in [2.24, 2.45) is 0 Å². The van der Waals surface area contributed by atoms with Crippen LogP contribution in [0.15, 0.2) is 35.6 Å². The van der Waals surface area contributed by atoms with Crippen LogP contribution in [0.3, 0.4) is 0 Å². The number of rotatable bonds is 6. The fraction of sp³-hybridized carbons (Fsp3) is 0.333. The number of imidazole rings is 1. The summed E-state index contributed by atoms with van der Waals surface area (Å²) in [6, 6.07) is 8.19. The van der Waals surface area contributed by atoms with E-state index in [2.05, 4.69) is 29.4 Å². The number of aliphatic hydroxyl groups excluding tert-OH is 1. The second-order valence-electron chi connectivity index (χ2n) is 4.66. The van der Waals surface area contributed by atoms with E-state index < -0.39 is 0 Å². The van der Waals surface area contributed by atoms with Gasteiger partial charge in [0.05, 0.1) is 18.5 Å². The molecule has 0 saturated heterocycles. The summed E-state index contributed by atoms with van der Waals surface area (Å²) in [6.45, 7) is 2.11. The molecular weight excluding hydrogens is 286 g/mol. The average Bonchev–Trinajstić information content (AvgIpc) is 2.88. The highest BCUT2D eigenvalue weighted by atomic mass is 32.2. The third-order valence-electron chi connectivity index (χ3n) is 3.26. The summed E-state index contributed by atoms with van der Waals surface area (Å²) in [6.07, 6.45) is 1.61. The average molecular weight is 305 g/mol. The van der Waals surface area contributed by atoms with Crippen LogP contribution in [0.2, 0.25) is 0 Å². The summed E-state index contributed by atoms with van der Waals surface area (Å²) in [5.74, 6) is 0.669. The second kappa shape index (κ2) is 7.28. The predicted octanol–water partition coefficient (Wildman–Crippen LogP) is 1.72. The maximum absolute atomic E-state index is 11.6. The first-order valence-corrected chi connectivity index (χ1v) is 7.67. The zero-order valence-corrected chi connectivity index (χ0v) is 13.0. The van der Waals surface area contributed by atoms with Crippen molar-refractivity contribution >= 4 is 17.7 Å². The van der Waals surface area contributed by atoms with Crippen LogP contribution in [0.1, 0.15) is 16.8 Å². The molecule has 21 heavy (non-hydrogen) atoms. The van der Waals surface area contributed by atoms with Gasteiger partial charge >= 0.3 is 0 Å². The van der Waals surface area contributed by atoms with Crippen LogP contribution in [0.5, 0.6) is 0 Å². The molecule has 2 N–H and O–H groups in total. The summed E-state index contributed by atoms with van der Waals surface area (Å²) in [5, 5.41) is 12.7. The molecule has 0 aliphatic carbocycles. The van der Waals surface area contributed by atoms with Gasteiger partial charge in [-0.2, -0.15) is 0 Å². The van der Waals surface area contributed by atoms with Gasteiger partial charge in [0, 0.05) is 12.8 Å². The van der Waals surface area contributed by atoms with Crippen molar-refractivity contribution in [2.75, 3.05) is 7.05 Å². The zero-order chi connectivity index (χ0) is 15.2. The van der Waals surface area contributed by atoms with Gasteiger partial charge in [0.15, 0.2) is 5.16 Å². The quantitative estimate of drug-likeness (QED) is 0.798. The van der Waals surface area contributed by atoms with Crippen molar-refractivity contribution in [1.82, 2.24) is 14.9 Å². The van der Waals surface area contributed by atoms with E-state index in [0.29, 0.717) is 5.69 Å². The fourth-order valence-electron chi connectivity index (χ4n) is 1.94. The molecule has 0 saturated carbocycles. The molecule has 0 unspecified atom stereocenters. The van der Waals surface area contributed by atoms with E-state index in [0.717, 1.165) is 10.9 Å². The lowest BCUT2D eigenvalue weighted by atomic mass is 10.1. The standard InChI is InChI=1S/C15H19N3O2S/c1-11-5-3-4-6-12(11)10-21-15-17-7-13(9-19)18(15)8-14(20)16-2/h3-7,19H,8-10H2,1-2H3,(H,16,20). The number of thioether (sulfide) groups is 1. The first kappa shape index (κ1) is 15.6. The van der Waals surface area contributed by atoms with E-state index >= 15 is 0 Å². The molecule has 0 fully saturated rings. The number of nitrogens with one attached hydrogen (secondary N) is 1. The van der Waals surface area contributed by atoms with Crippen molar-refractivity contribution in [1.29, 1.82) is 0 Å². The molecule has 1 aromatic heterocycles. The lowest BCUT2D eigenvalue weighted by molar-refractivity contribution is -0.121. The van der Waals surface area contributed by atoms with Gasteiger partial charge in [-0.15, -0.1) is 0 Å². The van der Waals surface area contributed by atoms with Crippen LogP contribution >= 0.6 is 11.8 Å². The molecule has 0 aliphatic rings. The lowest BCUT2D eigenvalue weighted by Gasteiger charge is -2.10. The number of likely N-dealkylation sites (N-methyl/N-ethyl adjacent to an activating group) is 1. The Bertz CT molecular complexity index is 625. The van der Waals surface area contributed by atoms with Crippen LogP contribution in [0, 0.1) is 6.92 Å². The monoisotopic (exact) mass is 305 g/mol. The number of aromatic nitrogens is 2. The number of amides is 1. The second-order valence-corrected chi connectivity index (χ2v) is 5.61. The number of aryl methyl sites for hydroxylation is 1. The van der Waals surface area contributed by atoms with Crippen LogP contribution in [-0.2, 0) is 23.7 Å². The molecule has 2 aromatic rings. The molecule has 0 bridgehead atoms. The van der Waals surface area contributed by atoms with Crippen LogP contribution < -0.4 is 5.32 Å². The largest absolute Gasteiger partial charge is 0.390 e. The van der Waals surface area contributed by atoms with Crippen molar-refractivity contribution < 1.29 is 9.90 Å². The van der Waals surface area contributed by atoms with Gasteiger partial charge < -0.3 is 15.0 Å². The van der Waals surface area contributed by atoms with Crippen molar-refractivity contribution in [3.05, 3.63) is 47.3 Å². The lowest BCUT2D eigenvalue weighted by Crippen LogP contribution is -2.24. The number of carbonyl (C=O) groups is 1. The summed E-state index contributed by atoms with van der Waals surface area (Å²) in [4.78, 5) is 15.9. The Morgan fingerprint density at radius 3 is 2.86 bits per heavy atom. The number of benzene rings is 1. The maximum Gasteiger partial charge on any atom is 0.239 e. The van der Waals surface area contributed by atoms with E-state index in [-0.39, 0.29) is 19.1 Å². The molecule has 6 heteroatoms. The minimum Gasteiger partial charge on any atom is -0.390 e. The molecule has 0 radical (unpaired) electrons. The molecular formula is C15H19N3O2S. The SMILES string of the molecule is CNC(=O)Cn1c(CO)cnc1SCc1ccccc1C. The highest BCUT2D eigenvalue weighted by molar-refractivity contribution is 7.98. The molecule has 0 spiro atoms. The topological polar surface area (TPSA) is 67.2 Å². The third kappa shape index (κ3) is 3.86. The molecule has 5 nitrogen and oxygen atoms in total. The Hall–Kier alpha value is -1.79. The predicted molar refractivity (Wildman–Crippen MR) is 83.0 cm³/mol. The highest BCUT2D eigenvalue weighted by Gasteiger charge is 2.13. The molecule has 1 amide bonds. The van der Waals surface area contributed by atoms with E-state index in [1.807, 2.05) is 12.1 Å². The highest BCUT2D eigenvalue weighted by Crippen LogP contribution is 2.24. The van der Waals surface area contributed by atoms with Gasteiger partial charge in [-0.05, 0) is 18.1 Å². The molecule has 1 heterocycles. The number of nitrogens with zero attached hydrogens (tertiary/aromatic N) is 2. The Morgan fingerprint density at radius 1 is 1.43 bits per heavy atom. The van der Waals surface area contributed by atoms with Gasteiger partial charge in [0.1, 0.15) is 6.54 Å². The van der Waals surface area contributed by atoms with E-state index in [1.54, 1.807) is 29.6 Å². The number of hydrogen-bond acceptors (Lipinski definition) is 4. The van der Waals surface area contributed by atoms with Gasteiger partial charge in [-0.25, -0.2) is 4.98 Å². The van der Waals surface area contributed by atoms with Gasteiger partial charge in [0.2, 0.25) is 5.91 Å². The number of aliphatic hydroxyl groups is 1. The van der Waals surface area contributed by atoms with Crippen molar-refractivity contribution in [3.8, 4) is 0 Å². The Morgan fingerprint density at radius 2 is 2.19 bits per heavy atom. The van der Waals surface area contributed by atoms with Crippen molar-refractivity contribution in [2.45, 2.75) is 31.0 Å². The summed E-state index contributed by atoms with van der Waals surface area (Å²) >= 11 is 1.56. The molecule has 112 valence electrons. The summed E-state index contributed by atoms with van der Waals surface area (Å²) in [5.41, 5.74) is 3.12. The first-order valence-electron chi connectivity index (χ1n) is 6.69.